The molecule has 8 nitrogen and oxygen atoms in total. The first-order valence-corrected chi connectivity index (χ1v) is 12.0. The molecule has 1 aliphatic heterocycles. The van der Waals surface area contributed by atoms with E-state index in [-0.39, 0.29) is 24.0 Å². The van der Waals surface area contributed by atoms with Crippen molar-refractivity contribution >= 4 is 57.5 Å². The lowest BCUT2D eigenvalue weighted by molar-refractivity contribution is -0.150. The lowest BCUT2D eigenvalue weighted by atomic mass is 10.1. The number of thioether (sulfide) groups is 1. The van der Waals surface area contributed by atoms with Crippen LogP contribution < -0.4 is 5.32 Å². The van der Waals surface area contributed by atoms with Gasteiger partial charge in [0.05, 0.1) is 11.5 Å². The highest BCUT2D eigenvalue weighted by Crippen LogP contribution is 2.35. The molecule has 1 N–H and O–H groups in total. The summed E-state index contributed by atoms with van der Waals surface area (Å²) in [6.45, 7) is 5.34. The van der Waals surface area contributed by atoms with Gasteiger partial charge in [0, 0.05) is 28.4 Å². The van der Waals surface area contributed by atoms with Crippen LogP contribution in [0.4, 0.5) is 10.5 Å². The molecule has 0 aliphatic carbocycles. The first-order valence-electron chi connectivity index (χ1n) is 11.2. The van der Waals surface area contributed by atoms with Gasteiger partial charge in [0.1, 0.15) is 12.6 Å². The van der Waals surface area contributed by atoms with Gasteiger partial charge in [-0.15, -0.1) is 0 Å². The molecular formula is C26H25N3O5S. The highest BCUT2D eigenvalue weighted by Gasteiger charge is 2.41. The highest BCUT2D eigenvalue weighted by atomic mass is 32.2. The molecule has 3 amide bonds. The third kappa shape index (κ3) is 5.14. The van der Waals surface area contributed by atoms with Crippen molar-refractivity contribution < 1.29 is 23.9 Å². The molecule has 4 rings (SSSR count). The lowest BCUT2D eigenvalue weighted by Gasteiger charge is -2.19. The number of aryl methyl sites for hydroxylation is 1. The summed E-state index contributed by atoms with van der Waals surface area (Å²) in [6, 6.07) is 14.0. The van der Waals surface area contributed by atoms with E-state index in [0.717, 1.165) is 33.1 Å². The van der Waals surface area contributed by atoms with Crippen molar-refractivity contribution in [1.82, 2.24) is 9.47 Å². The molecule has 0 bridgehead atoms. The van der Waals surface area contributed by atoms with Crippen LogP contribution >= 0.6 is 11.8 Å². The Morgan fingerprint density at radius 3 is 2.54 bits per heavy atom. The van der Waals surface area contributed by atoms with Crippen molar-refractivity contribution in [1.29, 1.82) is 0 Å². The number of hydrogen-bond acceptors (Lipinski definition) is 6. The van der Waals surface area contributed by atoms with Gasteiger partial charge in [-0.1, -0.05) is 35.9 Å². The number of carbonyl (C=O) groups excluding carboxylic acids is 4. The number of hydrogen-bond donors (Lipinski definition) is 1. The summed E-state index contributed by atoms with van der Waals surface area (Å²) in [5.74, 6) is -1.37. The molecule has 0 unspecified atom stereocenters. The van der Waals surface area contributed by atoms with Gasteiger partial charge in [0.25, 0.3) is 11.1 Å². The SMILES string of the molecule is CCOC(=O)[C@H](C)N1C(=O)S/C(=C/c2cn(CC(=O)Nc3ccc(C)cc3)c3ccccc23)C1=O. The van der Waals surface area contributed by atoms with Crippen LogP contribution in [-0.2, 0) is 25.7 Å². The van der Waals surface area contributed by atoms with Gasteiger partial charge in [-0.05, 0) is 56.8 Å². The van der Waals surface area contributed by atoms with Crippen LogP contribution in [0.5, 0.6) is 0 Å². The first-order chi connectivity index (χ1) is 16.8. The maximum Gasteiger partial charge on any atom is 0.329 e. The van der Waals surface area contributed by atoms with Gasteiger partial charge >= 0.3 is 5.97 Å². The molecule has 1 saturated heterocycles. The van der Waals surface area contributed by atoms with E-state index in [1.54, 1.807) is 23.8 Å². The molecule has 1 atom stereocenters. The number of nitrogens with zero attached hydrogens (tertiary/aromatic N) is 2. The maximum atomic E-state index is 13.0. The molecule has 0 spiro atoms. The standard InChI is InChI=1S/C26H25N3O5S/c1-4-34-25(32)17(3)29-24(31)22(35-26(29)33)13-18-14-28(21-8-6-5-7-20(18)21)15-23(30)27-19-11-9-16(2)10-12-19/h5-14,17H,4,15H2,1-3H3,(H,27,30)/b22-13+/t17-/m0/s1. The Labute approximate surface area is 206 Å². The molecule has 180 valence electrons. The number of benzene rings is 2. The van der Waals surface area contributed by atoms with Crippen LogP contribution in [0.2, 0.25) is 0 Å². The van der Waals surface area contributed by atoms with Crippen LogP contribution in [0.3, 0.4) is 0 Å². The first kappa shape index (κ1) is 24.3. The number of esters is 1. The van der Waals surface area contributed by atoms with E-state index < -0.39 is 23.2 Å². The van der Waals surface area contributed by atoms with Crippen molar-refractivity contribution in [2.24, 2.45) is 0 Å². The summed E-state index contributed by atoms with van der Waals surface area (Å²) >= 11 is 0.777. The van der Waals surface area contributed by atoms with E-state index in [2.05, 4.69) is 5.32 Å². The summed E-state index contributed by atoms with van der Waals surface area (Å²) in [6.07, 6.45) is 3.40. The van der Waals surface area contributed by atoms with Crippen LogP contribution in [0.25, 0.3) is 17.0 Å². The van der Waals surface area contributed by atoms with Crippen molar-refractivity contribution in [2.45, 2.75) is 33.4 Å². The predicted octanol–water partition coefficient (Wildman–Crippen LogP) is 4.58. The number of aromatic nitrogens is 1. The van der Waals surface area contributed by atoms with E-state index in [9.17, 15) is 19.2 Å². The molecule has 0 radical (unpaired) electrons. The topological polar surface area (TPSA) is 97.7 Å². The summed E-state index contributed by atoms with van der Waals surface area (Å²) in [4.78, 5) is 51.4. The van der Waals surface area contributed by atoms with Gasteiger partial charge in [-0.3, -0.25) is 19.3 Å². The molecule has 9 heteroatoms. The second-order valence-corrected chi connectivity index (χ2v) is 9.12. The third-order valence-electron chi connectivity index (χ3n) is 5.59. The van der Waals surface area contributed by atoms with E-state index in [1.807, 2.05) is 55.5 Å². The number of fused-ring (bicyclic) bond motifs is 1. The molecule has 1 aliphatic rings. The van der Waals surface area contributed by atoms with Gasteiger partial charge in [0.15, 0.2) is 0 Å². The monoisotopic (exact) mass is 491 g/mol. The third-order valence-corrected chi connectivity index (χ3v) is 6.48. The Balaban J connectivity index is 1.59. The molecule has 2 aromatic carbocycles. The van der Waals surface area contributed by atoms with Crippen LogP contribution in [-0.4, -0.2) is 45.1 Å². The van der Waals surface area contributed by atoms with Crippen molar-refractivity contribution in [2.75, 3.05) is 11.9 Å². The number of anilines is 1. The molecule has 1 fully saturated rings. The van der Waals surface area contributed by atoms with E-state index in [1.165, 1.54) is 6.92 Å². The number of amides is 3. The Kier molecular flexibility index (Phi) is 7.07. The summed E-state index contributed by atoms with van der Waals surface area (Å²) in [5, 5.41) is 3.20. The average Bonchev–Trinajstić information content (AvgIpc) is 3.31. The second-order valence-electron chi connectivity index (χ2n) is 8.12. The number of carbonyl (C=O) groups is 4. The average molecular weight is 492 g/mol. The Hall–Kier alpha value is -3.85. The predicted molar refractivity (Wildman–Crippen MR) is 136 cm³/mol. The number of rotatable bonds is 7. The van der Waals surface area contributed by atoms with Gasteiger partial charge in [0.2, 0.25) is 5.91 Å². The Bertz CT molecular complexity index is 1340. The second kappa shape index (κ2) is 10.2. The van der Waals surface area contributed by atoms with Gasteiger partial charge in [-0.2, -0.15) is 0 Å². The van der Waals surface area contributed by atoms with E-state index in [4.69, 9.17) is 4.74 Å². The van der Waals surface area contributed by atoms with Crippen molar-refractivity contribution in [3.8, 4) is 0 Å². The molecule has 0 saturated carbocycles. The minimum absolute atomic E-state index is 0.0730. The molecule has 3 aromatic rings. The van der Waals surface area contributed by atoms with Gasteiger partial charge in [-0.25, -0.2) is 4.79 Å². The summed E-state index contributed by atoms with van der Waals surface area (Å²) < 4.78 is 6.76. The molecule has 1 aromatic heterocycles. The fraction of sp³-hybridized carbons (Fsp3) is 0.231. The number of ether oxygens (including phenoxy) is 1. The minimum Gasteiger partial charge on any atom is -0.464 e. The minimum atomic E-state index is -1.01. The highest BCUT2D eigenvalue weighted by molar-refractivity contribution is 8.18. The maximum absolute atomic E-state index is 13.0. The number of nitrogens with one attached hydrogen (secondary N) is 1. The van der Waals surface area contributed by atoms with Crippen LogP contribution in [0, 0.1) is 6.92 Å². The lowest BCUT2D eigenvalue weighted by Crippen LogP contribution is -2.42. The zero-order valence-electron chi connectivity index (χ0n) is 19.6. The smallest absolute Gasteiger partial charge is 0.329 e. The summed E-state index contributed by atoms with van der Waals surface area (Å²) in [5.41, 5.74) is 3.32. The number of para-hydroxylation sites is 1. The fourth-order valence-corrected chi connectivity index (χ4v) is 4.74. The van der Waals surface area contributed by atoms with Crippen molar-refractivity contribution in [3.63, 3.8) is 0 Å². The molecular weight excluding hydrogens is 466 g/mol. The zero-order chi connectivity index (χ0) is 25.1. The summed E-state index contributed by atoms with van der Waals surface area (Å²) in [7, 11) is 0. The van der Waals surface area contributed by atoms with Crippen molar-refractivity contribution in [3.05, 3.63) is 70.8 Å². The Morgan fingerprint density at radius 2 is 1.83 bits per heavy atom. The molecule has 2 heterocycles. The quantitative estimate of drug-likeness (QED) is 0.384. The van der Waals surface area contributed by atoms with Gasteiger partial charge < -0.3 is 14.6 Å². The normalized spacial score (nSPS) is 15.6. The Morgan fingerprint density at radius 1 is 1.11 bits per heavy atom. The number of imide groups is 1. The molecule has 35 heavy (non-hydrogen) atoms. The largest absolute Gasteiger partial charge is 0.464 e. The van der Waals surface area contributed by atoms with Crippen LogP contribution in [0.1, 0.15) is 25.0 Å². The zero-order valence-corrected chi connectivity index (χ0v) is 20.4. The van der Waals surface area contributed by atoms with E-state index in [0.29, 0.717) is 11.3 Å². The fourth-order valence-electron chi connectivity index (χ4n) is 3.84. The van der Waals surface area contributed by atoms with Crippen LogP contribution in [0.15, 0.2) is 59.6 Å². The van der Waals surface area contributed by atoms with E-state index >= 15 is 0 Å².